The minimum absolute atomic E-state index is 0.110. The first-order chi connectivity index (χ1) is 12.6. The molecule has 4 N–H and O–H groups in total. The number of carbonyl (C=O) groups is 1. The molecule has 1 aromatic carbocycles. The topological polar surface area (TPSA) is 101 Å². The number of nitrogens with two attached hydrogens (primary N) is 1. The van der Waals surface area contributed by atoms with Crippen molar-refractivity contribution >= 4 is 17.6 Å². The summed E-state index contributed by atoms with van der Waals surface area (Å²) in [5.41, 5.74) is 6.57. The van der Waals surface area contributed by atoms with Gasteiger partial charge in [0.2, 0.25) is 5.91 Å². The van der Waals surface area contributed by atoms with E-state index in [-0.39, 0.29) is 5.91 Å². The molecule has 1 aliphatic heterocycles. The van der Waals surface area contributed by atoms with Crippen molar-refractivity contribution in [3.63, 3.8) is 0 Å². The Morgan fingerprint density at radius 3 is 2.96 bits per heavy atom. The number of hydrogen-bond acceptors (Lipinski definition) is 5. The van der Waals surface area contributed by atoms with Crippen LogP contribution in [-0.4, -0.2) is 69.3 Å². The maximum atomic E-state index is 11.1. The van der Waals surface area contributed by atoms with Gasteiger partial charge >= 0.3 is 0 Å². The van der Waals surface area contributed by atoms with Crippen LogP contribution in [0.4, 0.5) is 5.69 Å². The third-order valence-electron chi connectivity index (χ3n) is 3.85. The summed E-state index contributed by atoms with van der Waals surface area (Å²) < 4.78 is 11.0. The number of amides is 1. The van der Waals surface area contributed by atoms with Crippen molar-refractivity contribution in [1.82, 2.24) is 10.2 Å². The number of anilines is 1. The van der Waals surface area contributed by atoms with Crippen molar-refractivity contribution in [2.45, 2.75) is 13.3 Å². The van der Waals surface area contributed by atoms with E-state index < -0.39 is 0 Å². The molecule has 0 spiro atoms. The largest absolute Gasteiger partial charge is 0.492 e. The molecule has 0 atom stereocenters. The normalized spacial score (nSPS) is 15.5. The Kier molecular flexibility index (Phi) is 8.71. The molecule has 1 fully saturated rings. The average molecular weight is 363 g/mol. The fourth-order valence-electron chi connectivity index (χ4n) is 2.59. The molecule has 8 heteroatoms. The van der Waals surface area contributed by atoms with Gasteiger partial charge in [-0.15, -0.1) is 0 Å². The predicted molar refractivity (Wildman–Crippen MR) is 103 cm³/mol. The summed E-state index contributed by atoms with van der Waals surface area (Å²) >= 11 is 0. The molecule has 0 radical (unpaired) electrons. The van der Waals surface area contributed by atoms with Gasteiger partial charge in [0.15, 0.2) is 5.96 Å². The monoisotopic (exact) mass is 363 g/mol. The average Bonchev–Trinajstić information content (AvgIpc) is 2.63. The van der Waals surface area contributed by atoms with Gasteiger partial charge < -0.3 is 25.8 Å². The van der Waals surface area contributed by atoms with E-state index in [0.717, 1.165) is 39.3 Å². The first-order valence-electron chi connectivity index (χ1n) is 8.98. The molecule has 0 unspecified atom stereocenters. The zero-order valence-corrected chi connectivity index (χ0v) is 15.4. The number of carbonyl (C=O) groups excluding carboxylic acids is 1. The zero-order valence-electron chi connectivity index (χ0n) is 15.4. The molecule has 1 aromatic rings. The van der Waals surface area contributed by atoms with Gasteiger partial charge in [-0.1, -0.05) is 6.07 Å². The van der Waals surface area contributed by atoms with Gasteiger partial charge in [0.25, 0.3) is 0 Å². The summed E-state index contributed by atoms with van der Waals surface area (Å²) in [5.74, 6) is 1.02. The lowest BCUT2D eigenvalue weighted by Gasteiger charge is -2.26. The van der Waals surface area contributed by atoms with E-state index in [0.29, 0.717) is 37.1 Å². The number of nitrogens with one attached hydrogen (secondary N) is 2. The summed E-state index contributed by atoms with van der Waals surface area (Å²) in [5, 5.41) is 5.76. The van der Waals surface area contributed by atoms with Gasteiger partial charge in [-0.25, -0.2) is 0 Å². The molecule has 144 valence electrons. The highest BCUT2D eigenvalue weighted by molar-refractivity contribution is 5.88. The number of morpholine rings is 1. The molecule has 1 heterocycles. The standard InChI is InChI=1S/C18H29N5O3/c1-15(24)22-16-4-2-5-17(14-16)26-11-7-21-18(19)20-6-3-8-23-9-12-25-13-10-23/h2,4-5,14H,3,6-13H2,1H3,(H,22,24)(H3,19,20,21). The number of nitrogens with zero attached hydrogens (tertiary/aromatic N) is 2. The highest BCUT2D eigenvalue weighted by Gasteiger charge is 2.08. The van der Waals surface area contributed by atoms with E-state index in [1.807, 2.05) is 18.2 Å². The lowest BCUT2D eigenvalue weighted by Crippen LogP contribution is -2.37. The highest BCUT2D eigenvalue weighted by Crippen LogP contribution is 2.16. The number of aliphatic imine (C=N–C) groups is 1. The van der Waals surface area contributed by atoms with E-state index in [4.69, 9.17) is 15.2 Å². The van der Waals surface area contributed by atoms with Crippen LogP contribution in [0.5, 0.6) is 5.75 Å². The van der Waals surface area contributed by atoms with Gasteiger partial charge in [-0.05, 0) is 18.6 Å². The van der Waals surface area contributed by atoms with Crippen LogP contribution in [0.3, 0.4) is 0 Å². The molecule has 26 heavy (non-hydrogen) atoms. The van der Waals surface area contributed by atoms with Crippen LogP contribution < -0.4 is 21.1 Å². The number of benzene rings is 1. The van der Waals surface area contributed by atoms with Crippen molar-refractivity contribution in [3.05, 3.63) is 24.3 Å². The van der Waals surface area contributed by atoms with Crippen molar-refractivity contribution < 1.29 is 14.3 Å². The molecule has 1 amide bonds. The molecule has 2 rings (SSSR count). The third kappa shape index (κ3) is 8.17. The Bertz CT molecular complexity index is 588. The Labute approximate surface area is 154 Å². The fraction of sp³-hybridized carbons (Fsp3) is 0.556. The summed E-state index contributed by atoms with van der Waals surface area (Å²) in [6.45, 7) is 7.85. The van der Waals surface area contributed by atoms with Crippen LogP contribution >= 0.6 is 0 Å². The van der Waals surface area contributed by atoms with Crippen LogP contribution in [-0.2, 0) is 9.53 Å². The second kappa shape index (κ2) is 11.3. The predicted octanol–water partition coefficient (Wildman–Crippen LogP) is 0.650. The molecule has 0 saturated carbocycles. The van der Waals surface area contributed by atoms with Gasteiger partial charge in [0.05, 0.1) is 19.8 Å². The number of hydrogen-bond donors (Lipinski definition) is 3. The minimum Gasteiger partial charge on any atom is -0.492 e. The Morgan fingerprint density at radius 2 is 2.19 bits per heavy atom. The third-order valence-corrected chi connectivity index (χ3v) is 3.85. The SMILES string of the molecule is CC(=O)Nc1cccc(OCCNC(N)=NCCCN2CCOCC2)c1. The quantitative estimate of drug-likeness (QED) is 0.338. The molecule has 1 saturated heterocycles. The number of ether oxygens (including phenoxy) is 2. The summed E-state index contributed by atoms with van der Waals surface area (Å²) in [7, 11) is 0. The van der Waals surface area contributed by atoms with Crippen molar-refractivity contribution in [2.24, 2.45) is 10.7 Å². The van der Waals surface area contributed by atoms with E-state index in [2.05, 4.69) is 20.5 Å². The molecule has 0 bridgehead atoms. The van der Waals surface area contributed by atoms with Crippen LogP contribution in [0.15, 0.2) is 29.3 Å². The van der Waals surface area contributed by atoms with Crippen LogP contribution in [0, 0.1) is 0 Å². The van der Waals surface area contributed by atoms with Crippen molar-refractivity contribution in [1.29, 1.82) is 0 Å². The highest BCUT2D eigenvalue weighted by atomic mass is 16.5. The van der Waals surface area contributed by atoms with E-state index in [9.17, 15) is 4.79 Å². The van der Waals surface area contributed by atoms with Crippen LogP contribution in [0.1, 0.15) is 13.3 Å². The lowest BCUT2D eigenvalue weighted by atomic mass is 10.3. The van der Waals surface area contributed by atoms with Crippen LogP contribution in [0.2, 0.25) is 0 Å². The first-order valence-corrected chi connectivity index (χ1v) is 8.98. The first kappa shape index (κ1) is 20.0. The van der Waals surface area contributed by atoms with Gasteiger partial charge in [-0.2, -0.15) is 0 Å². The van der Waals surface area contributed by atoms with Gasteiger partial charge in [0.1, 0.15) is 12.4 Å². The smallest absolute Gasteiger partial charge is 0.221 e. The molecular formula is C18H29N5O3. The zero-order chi connectivity index (χ0) is 18.6. The van der Waals surface area contributed by atoms with E-state index in [1.165, 1.54) is 6.92 Å². The number of guanidine groups is 1. The van der Waals surface area contributed by atoms with E-state index in [1.54, 1.807) is 6.07 Å². The maximum absolute atomic E-state index is 11.1. The van der Waals surface area contributed by atoms with Crippen molar-refractivity contribution in [3.8, 4) is 5.75 Å². The van der Waals surface area contributed by atoms with Gasteiger partial charge in [-0.3, -0.25) is 14.7 Å². The molecular weight excluding hydrogens is 334 g/mol. The summed E-state index contributed by atoms with van der Waals surface area (Å²) in [6, 6.07) is 7.27. The molecule has 0 aliphatic carbocycles. The van der Waals surface area contributed by atoms with Crippen molar-refractivity contribution in [2.75, 3.05) is 57.9 Å². The van der Waals surface area contributed by atoms with E-state index >= 15 is 0 Å². The number of rotatable bonds is 9. The summed E-state index contributed by atoms with van der Waals surface area (Å²) in [4.78, 5) is 17.8. The molecule has 8 nitrogen and oxygen atoms in total. The summed E-state index contributed by atoms with van der Waals surface area (Å²) in [6.07, 6.45) is 0.981. The Hall–Kier alpha value is -2.32. The molecule has 0 aromatic heterocycles. The van der Waals surface area contributed by atoms with Crippen LogP contribution in [0.25, 0.3) is 0 Å². The van der Waals surface area contributed by atoms with Gasteiger partial charge in [0, 0.05) is 44.9 Å². The Morgan fingerprint density at radius 1 is 1.38 bits per heavy atom. The fourth-order valence-corrected chi connectivity index (χ4v) is 2.59. The molecule has 1 aliphatic rings. The second-order valence-electron chi connectivity index (χ2n) is 6.06. The lowest BCUT2D eigenvalue weighted by molar-refractivity contribution is -0.114. The minimum atomic E-state index is -0.110. The second-order valence-corrected chi connectivity index (χ2v) is 6.06. The Balaban J connectivity index is 1.57. The maximum Gasteiger partial charge on any atom is 0.221 e.